The highest BCUT2D eigenvalue weighted by Crippen LogP contribution is 2.09. The summed E-state index contributed by atoms with van der Waals surface area (Å²) in [5.74, 6) is -1.93. The van der Waals surface area contributed by atoms with Gasteiger partial charge in [-0.25, -0.2) is 9.18 Å². The smallest absolute Gasteiger partial charge is 0.408 e. The zero-order chi connectivity index (χ0) is 15.3. The fourth-order valence-electron chi connectivity index (χ4n) is 1.54. The third-order valence-corrected chi connectivity index (χ3v) is 2.30. The van der Waals surface area contributed by atoms with Gasteiger partial charge in [-0.05, 0) is 44.9 Å². The van der Waals surface area contributed by atoms with E-state index in [4.69, 9.17) is 4.74 Å². The van der Waals surface area contributed by atoms with Gasteiger partial charge in [-0.3, -0.25) is 0 Å². The molecule has 0 saturated carbocycles. The van der Waals surface area contributed by atoms with Crippen molar-refractivity contribution in [2.24, 2.45) is 0 Å². The summed E-state index contributed by atoms with van der Waals surface area (Å²) in [5.41, 5.74) is -0.297. The number of nitrogens with one attached hydrogen (secondary N) is 1. The summed E-state index contributed by atoms with van der Waals surface area (Å²) < 4.78 is 18.0. The van der Waals surface area contributed by atoms with Crippen LogP contribution in [-0.4, -0.2) is 23.7 Å². The van der Waals surface area contributed by atoms with Gasteiger partial charge in [0.25, 0.3) is 0 Å². The third kappa shape index (κ3) is 5.69. The molecule has 1 atom stereocenters. The van der Waals surface area contributed by atoms with Gasteiger partial charge in [-0.2, -0.15) is 0 Å². The molecule has 0 bridgehead atoms. The Morgan fingerprint density at radius 2 is 2.05 bits per heavy atom. The van der Waals surface area contributed by atoms with Crippen LogP contribution in [0.4, 0.5) is 9.18 Å². The molecule has 1 aromatic carbocycles. The van der Waals surface area contributed by atoms with Gasteiger partial charge in [0.1, 0.15) is 11.4 Å². The minimum absolute atomic E-state index is 0.0840. The Balaban J connectivity index is 2.71. The summed E-state index contributed by atoms with van der Waals surface area (Å²) in [4.78, 5) is 22.5. The number of amides is 1. The van der Waals surface area contributed by atoms with Crippen molar-refractivity contribution in [3.63, 3.8) is 0 Å². The number of carboxylic acid groups (broad SMARTS) is 1. The lowest BCUT2D eigenvalue weighted by atomic mass is 10.1. The van der Waals surface area contributed by atoms with E-state index in [2.05, 4.69) is 5.32 Å². The summed E-state index contributed by atoms with van der Waals surface area (Å²) in [6, 6.07) is 4.19. The second-order valence-electron chi connectivity index (χ2n) is 5.35. The van der Waals surface area contributed by atoms with Crippen LogP contribution >= 0.6 is 0 Å². The minimum atomic E-state index is -1.46. The van der Waals surface area contributed by atoms with Crippen LogP contribution in [0, 0.1) is 5.82 Å². The Labute approximate surface area is 116 Å². The molecule has 0 spiro atoms. The van der Waals surface area contributed by atoms with Gasteiger partial charge in [-0.15, -0.1) is 0 Å². The molecule has 110 valence electrons. The Bertz CT molecular complexity index is 496. The zero-order valence-electron chi connectivity index (χ0n) is 11.6. The van der Waals surface area contributed by atoms with Crippen LogP contribution < -0.4 is 10.4 Å². The van der Waals surface area contributed by atoms with Crippen molar-refractivity contribution in [2.75, 3.05) is 0 Å². The zero-order valence-corrected chi connectivity index (χ0v) is 11.6. The lowest BCUT2D eigenvalue weighted by Gasteiger charge is -2.24. The fraction of sp³-hybridized carbons (Fsp3) is 0.429. The van der Waals surface area contributed by atoms with Crippen LogP contribution in [0.2, 0.25) is 0 Å². The highest BCUT2D eigenvalue weighted by Gasteiger charge is 2.20. The number of hydrogen-bond donors (Lipinski definition) is 1. The van der Waals surface area contributed by atoms with Crippen LogP contribution in [0.5, 0.6) is 0 Å². The number of rotatable bonds is 4. The van der Waals surface area contributed by atoms with Gasteiger partial charge in [0.15, 0.2) is 0 Å². The van der Waals surface area contributed by atoms with Crippen LogP contribution in [0.3, 0.4) is 0 Å². The van der Waals surface area contributed by atoms with Crippen molar-refractivity contribution >= 4 is 12.1 Å². The molecule has 1 unspecified atom stereocenters. The van der Waals surface area contributed by atoms with E-state index in [1.165, 1.54) is 18.2 Å². The lowest BCUT2D eigenvalue weighted by molar-refractivity contribution is -0.308. The van der Waals surface area contributed by atoms with Gasteiger partial charge in [0.2, 0.25) is 0 Å². The number of ether oxygens (including phenoxy) is 1. The van der Waals surface area contributed by atoms with Crippen molar-refractivity contribution in [3.8, 4) is 0 Å². The van der Waals surface area contributed by atoms with E-state index in [1.807, 2.05) is 0 Å². The van der Waals surface area contributed by atoms with Crippen molar-refractivity contribution in [2.45, 2.75) is 38.8 Å². The largest absolute Gasteiger partial charge is 0.548 e. The molecule has 0 aliphatic heterocycles. The summed E-state index contributed by atoms with van der Waals surface area (Å²) in [5, 5.41) is 13.2. The standard InChI is InChI=1S/C14H18FNO4/c1-14(2,3)20-13(19)16-11(12(17)18)8-9-5-4-6-10(15)7-9/h4-7,11H,8H2,1-3H3,(H,16,19)(H,17,18)/p-1. The molecule has 1 rings (SSSR count). The molecule has 1 N–H and O–H groups in total. The number of hydrogen-bond acceptors (Lipinski definition) is 4. The van der Waals surface area contributed by atoms with Crippen LogP contribution in [-0.2, 0) is 16.0 Å². The molecule has 0 heterocycles. The van der Waals surface area contributed by atoms with E-state index < -0.39 is 29.5 Å². The first-order chi connectivity index (χ1) is 9.17. The topological polar surface area (TPSA) is 78.5 Å². The van der Waals surface area contributed by atoms with E-state index in [0.29, 0.717) is 5.56 Å². The number of aliphatic carboxylic acids is 1. The quantitative estimate of drug-likeness (QED) is 0.894. The summed E-state index contributed by atoms with van der Waals surface area (Å²) in [6.45, 7) is 4.98. The predicted molar refractivity (Wildman–Crippen MR) is 68.3 cm³/mol. The number of alkyl carbamates (subject to hydrolysis) is 1. The molecule has 0 aromatic heterocycles. The maximum Gasteiger partial charge on any atom is 0.408 e. The third-order valence-electron chi connectivity index (χ3n) is 2.30. The van der Waals surface area contributed by atoms with E-state index in [9.17, 15) is 19.1 Å². The molecule has 0 aliphatic rings. The van der Waals surface area contributed by atoms with Crippen molar-refractivity contribution < 1.29 is 23.8 Å². The van der Waals surface area contributed by atoms with Crippen molar-refractivity contribution in [1.82, 2.24) is 5.32 Å². The Morgan fingerprint density at radius 3 is 2.55 bits per heavy atom. The second-order valence-corrected chi connectivity index (χ2v) is 5.35. The van der Waals surface area contributed by atoms with Crippen molar-refractivity contribution in [3.05, 3.63) is 35.6 Å². The van der Waals surface area contributed by atoms with Gasteiger partial charge in [-0.1, -0.05) is 12.1 Å². The van der Waals surface area contributed by atoms with Gasteiger partial charge >= 0.3 is 6.09 Å². The molecule has 20 heavy (non-hydrogen) atoms. The number of carbonyl (C=O) groups excluding carboxylic acids is 2. The van der Waals surface area contributed by atoms with Crippen LogP contribution in [0.25, 0.3) is 0 Å². The van der Waals surface area contributed by atoms with Crippen molar-refractivity contribution in [1.29, 1.82) is 0 Å². The molecular weight excluding hydrogens is 265 g/mol. The SMILES string of the molecule is CC(C)(C)OC(=O)NC(Cc1cccc(F)c1)C(=O)[O-]. The van der Waals surface area contributed by atoms with E-state index in [-0.39, 0.29) is 6.42 Å². The fourth-order valence-corrected chi connectivity index (χ4v) is 1.54. The second kappa shape index (κ2) is 6.36. The van der Waals surface area contributed by atoms with E-state index >= 15 is 0 Å². The van der Waals surface area contributed by atoms with Gasteiger partial charge < -0.3 is 20.0 Å². The Morgan fingerprint density at radius 1 is 1.40 bits per heavy atom. The first-order valence-corrected chi connectivity index (χ1v) is 6.12. The highest BCUT2D eigenvalue weighted by molar-refractivity contribution is 5.79. The summed E-state index contributed by atoms with van der Waals surface area (Å²) >= 11 is 0. The summed E-state index contributed by atoms with van der Waals surface area (Å²) in [6.07, 6.45) is -0.942. The molecular formula is C14H17FNO4-. The van der Waals surface area contributed by atoms with E-state index in [1.54, 1.807) is 26.8 Å². The number of halogens is 1. The Hall–Kier alpha value is -2.11. The molecule has 0 fully saturated rings. The van der Waals surface area contributed by atoms with Crippen LogP contribution in [0.15, 0.2) is 24.3 Å². The monoisotopic (exact) mass is 282 g/mol. The molecule has 0 radical (unpaired) electrons. The average molecular weight is 282 g/mol. The first-order valence-electron chi connectivity index (χ1n) is 6.12. The molecule has 6 heteroatoms. The minimum Gasteiger partial charge on any atom is -0.548 e. The average Bonchev–Trinajstić information content (AvgIpc) is 2.25. The number of carboxylic acids is 1. The first kappa shape index (κ1) is 15.9. The maximum absolute atomic E-state index is 13.0. The van der Waals surface area contributed by atoms with Gasteiger partial charge in [0, 0.05) is 0 Å². The van der Waals surface area contributed by atoms with Crippen LogP contribution in [0.1, 0.15) is 26.3 Å². The van der Waals surface area contributed by atoms with E-state index in [0.717, 1.165) is 0 Å². The molecule has 1 amide bonds. The Kier molecular flexibility index (Phi) is 5.07. The maximum atomic E-state index is 13.0. The molecule has 0 saturated heterocycles. The number of benzene rings is 1. The molecule has 1 aromatic rings. The predicted octanol–water partition coefficient (Wildman–Crippen LogP) is 1.01. The lowest BCUT2D eigenvalue weighted by Crippen LogP contribution is -2.50. The molecule has 0 aliphatic carbocycles. The normalized spacial score (nSPS) is 12.6. The van der Waals surface area contributed by atoms with Gasteiger partial charge in [0.05, 0.1) is 12.0 Å². The molecule has 5 nitrogen and oxygen atoms in total. The highest BCUT2D eigenvalue weighted by atomic mass is 19.1. The number of carbonyl (C=O) groups is 2. The summed E-state index contributed by atoms with van der Waals surface area (Å²) in [7, 11) is 0.